The van der Waals surface area contributed by atoms with Crippen LogP contribution < -0.4 is 0 Å². The van der Waals surface area contributed by atoms with Crippen molar-refractivity contribution in [1.82, 2.24) is 0 Å². The molecule has 0 aromatic carbocycles. The van der Waals surface area contributed by atoms with Crippen LogP contribution in [0.15, 0.2) is 0 Å². The number of hydrogen-bond acceptors (Lipinski definition) is 0. The third-order valence-corrected chi connectivity index (χ3v) is 5.76. The second kappa shape index (κ2) is 7.00. The van der Waals surface area contributed by atoms with Gasteiger partial charge in [0.2, 0.25) is 0 Å². The molecule has 98 valence electrons. The van der Waals surface area contributed by atoms with Crippen LogP contribution in [0.5, 0.6) is 0 Å². The zero-order valence-corrected chi connectivity index (χ0v) is 13.7. The molecule has 0 rings (SSSR count). The average molecular weight is 244 g/mol. The molecule has 0 aromatic heterocycles. The standard InChI is InChI=1S/C15H33P/c1-12(2)9-15(16(7)8,10-13(3)4)11-14(5)6/h12-14H,9-11H2,1-8H3. The highest BCUT2D eigenvalue weighted by Crippen LogP contribution is 2.54. The number of rotatable bonds is 7. The summed E-state index contributed by atoms with van der Waals surface area (Å²) in [6.07, 6.45) is 4.26. The Kier molecular flexibility index (Phi) is 7.18. The Morgan fingerprint density at radius 2 is 0.938 bits per heavy atom. The Bertz CT molecular complexity index is 153. The second-order valence-corrected chi connectivity index (χ2v) is 9.65. The van der Waals surface area contributed by atoms with Crippen LogP contribution in [0.3, 0.4) is 0 Å². The van der Waals surface area contributed by atoms with Gasteiger partial charge >= 0.3 is 0 Å². The summed E-state index contributed by atoms with van der Waals surface area (Å²) in [4.78, 5) is 0. The van der Waals surface area contributed by atoms with Gasteiger partial charge in [-0.25, -0.2) is 0 Å². The fourth-order valence-corrected chi connectivity index (χ4v) is 5.27. The van der Waals surface area contributed by atoms with Gasteiger partial charge in [-0.3, -0.25) is 0 Å². The van der Waals surface area contributed by atoms with Crippen molar-refractivity contribution in [3.8, 4) is 0 Å². The van der Waals surface area contributed by atoms with Crippen molar-refractivity contribution in [2.24, 2.45) is 17.8 Å². The molecule has 0 aliphatic carbocycles. The Morgan fingerprint density at radius 3 is 1.06 bits per heavy atom. The quantitative estimate of drug-likeness (QED) is 0.511. The zero-order chi connectivity index (χ0) is 12.9. The van der Waals surface area contributed by atoms with Crippen molar-refractivity contribution >= 4 is 7.92 Å². The lowest BCUT2D eigenvalue weighted by Gasteiger charge is -2.42. The molecule has 0 saturated heterocycles. The van der Waals surface area contributed by atoms with Crippen LogP contribution in [0, 0.1) is 17.8 Å². The molecule has 0 nitrogen and oxygen atoms in total. The normalized spacial score (nSPS) is 13.5. The average Bonchev–Trinajstić information content (AvgIpc) is 1.98. The molecule has 0 N–H and O–H groups in total. The number of hydrogen-bond donors (Lipinski definition) is 0. The maximum absolute atomic E-state index is 2.49. The fourth-order valence-electron chi connectivity index (χ4n) is 3.08. The molecule has 0 bridgehead atoms. The molecular weight excluding hydrogens is 211 g/mol. The molecule has 0 saturated carbocycles. The Balaban J connectivity index is 4.88. The van der Waals surface area contributed by atoms with E-state index in [0.29, 0.717) is 5.16 Å². The van der Waals surface area contributed by atoms with Crippen LogP contribution in [0.4, 0.5) is 0 Å². The van der Waals surface area contributed by atoms with Crippen LogP contribution in [0.2, 0.25) is 0 Å². The lowest BCUT2D eigenvalue weighted by molar-refractivity contribution is 0.324. The molecule has 0 aromatic rings. The summed E-state index contributed by atoms with van der Waals surface area (Å²) in [5.41, 5.74) is 0. The summed E-state index contributed by atoms with van der Waals surface area (Å²) in [6, 6.07) is 0. The highest BCUT2D eigenvalue weighted by Gasteiger charge is 2.35. The highest BCUT2D eigenvalue weighted by molar-refractivity contribution is 7.57. The van der Waals surface area contributed by atoms with E-state index in [1.54, 1.807) is 0 Å². The zero-order valence-electron chi connectivity index (χ0n) is 12.8. The predicted octanol–water partition coefficient (Wildman–Crippen LogP) is 5.61. The van der Waals surface area contributed by atoms with Crippen LogP contribution in [0.1, 0.15) is 60.8 Å². The third kappa shape index (κ3) is 5.67. The maximum Gasteiger partial charge on any atom is -0.00920 e. The summed E-state index contributed by atoms with van der Waals surface area (Å²) in [5.74, 6) is 2.51. The summed E-state index contributed by atoms with van der Waals surface area (Å²) in [7, 11) is 0.154. The first-order chi connectivity index (χ1) is 7.19. The van der Waals surface area contributed by atoms with E-state index >= 15 is 0 Å². The minimum absolute atomic E-state index is 0.154. The molecular formula is C15H33P. The van der Waals surface area contributed by atoms with Crippen LogP contribution in [-0.2, 0) is 0 Å². The molecule has 16 heavy (non-hydrogen) atoms. The first-order valence-corrected chi connectivity index (χ1v) is 9.10. The summed E-state index contributed by atoms with van der Waals surface area (Å²) < 4.78 is 0. The van der Waals surface area contributed by atoms with Crippen LogP contribution >= 0.6 is 7.92 Å². The summed E-state index contributed by atoms with van der Waals surface area (Å²) in [5, 5.41) is 0.631. The lowest BCUT2D eigenvalue weighted by atomic mass is 9.82. The van der Waals surface area contributed by atoms with Crippen LogP contribution in [-0.4, -0.2) is 18.5 Å². The largest absolute Gasteiger partial charge is 0.107 e. The van der Waals surface area contributed by atoms with Crippen molar-refractivity contribution in [2.75, 3.05) is 13.3 Å². The minimum atomic E-state index is 0.154. The maximum atomic E-state index is 2.49. The van der Waals surface area contributed by atoms with Gasteiger partial charge in [-0.15, -0.1) is 7.92 Å². The fraction of sp³-hybridized carbons (Fsp3) is 1.00. The van der Waals surface area contributed by atoms with Gasteiger partial charge in [0.25, 0.3) is 0 Å². The molecule has 0 fully saturated rings. The molecule has 0 aliphatic rings. The molecule has 0 aliphatic heterocycles. The van der Waals surface area contributed by atoms with Crippen molar-refractivity contribution in [3.63, 3.8) is 0 Å². The predicted molar refractivity (Wildman–Crippen MR) is 79.9 cm³/mol. The van der Waals surface area contributed by atoms with Crippen LogP contribution in [0.25, 0.3) is 0 Å². The minimum Gasteiger partial charge on any atom is -0.107 e. The summed E-state index contributed by atoms with van der Waals surface area (Å²) >= 11 is 0. The van der Waals surface area contributed by atoms with Gasteiger partial charge in [0.15, 0.2) is 0 Å². The lowest BCUT2D eigenvalue weighted by Crippen LogP contribution is -2.32. The van der Waals surface area contributed by atoms with Gasteiger partial charge in [0.05, 0.1) is 0 Å². The Morgan fingerprint density at radius 1 is 0.688 bits per heavy atom. The first kappa shape index (κ1) is 16.4. The van der Waals surface area contributed by atoms with Gasteiger partial charge in [-0.05, 0) is 55.5 Å². The van der Waals surface area contributed by atoms with E-state index in [-0.39, 0.29) is 7.92 Å². The summed E-state index contributed by atoms with van der Waals surface area (Å²) in [6.45, 7) is 19.3. The van der Waals surface area contributed by atoms with Gasteiger partial charge in [-0.2, -0.15) is 0 Å². The highest BCUT2D eigenvalue weighted by atomic mass is 31.1. The van der Waals surface area contributed by atoms with E-state index in [1.807, 2.05) is 0 Å². The van der Waals surface area contributed by atoms with Gasteiger partial charge in [-0.1, -0.05) is 41.5 Å². The molecule has 0 atom stereocenters. The molecule has 0 heterocycles. The van der Waals surface area contributed by atoms with E-state index in [9.17, 15) is 0 Å². The van der Waals surface area contributed by atoms with Crippen molar-refractivity contribution in [1.29, 1.82) is 0 Å². The molecule has 0 amide bonds. The van der Waals surface area contributed by atoms with Crippen molar-refractivity contribution in [3.05, 3.63) is 0 Å². The van der Waals surface area contributed by atoms with Gasteiger partial charge in [0, 0.05) is 0 Å². The SMILES string of the molecule is CC(C)CC(CC(C)C)(CC(C)C)P(C)C. The van der Waals surface area contributed by atoms with Crippen molar-refractivity contribution < 1.29 is 0 Å². The van der Waals surface area contributed by atoms with Gasteiger partial charge in [0.1, 0.15) is 0 Å². The third-order valence-electron chi connectivity index (χ3n) is 3.31. The van der Waals surface area contributed by atoms with Gasteiger partial charge < -0.3 is 0 Å². The first-order valence-electron chi connectivity index (χ1n) is 6.87. The smallest absolute Gasteiger partial charge is 0.00920 e. The van der Waals surface area contributed by atoms with E-state index in [1.165, 1.54) is 19.3 Å². The van der Waals surface area contributed by atoms with E-state index in [0.717, 1.165) is 17.8 Å². The van der Waals surface area contributed by atoms with Crippen molar-refractivity contribution in [2.45, 2.75) is 66.0 Å². The van der Waals surface area contributed by atoms with E-state index < -0.39 is 0 Å². The molecule has 0 unspecified atom stereocenters. The Hall–Kier alpha value is 0.430. The molecule has 0 radical (unpaired) electrons. The van der Waals surface area contributed by atoms with E-state index in [2.05, 4.69) is 54.9 Å². The monoisotopic (exact) mass is 244 g/mol. The second-order valence-electron chi connectivity index (χ2n) is 6.91. The molecule has 0 spiro atoms. The topological polar surface area (TPSA) is 0 Å². The Labute approximate surface area is 105 Å². The van der Waals surface area contributed by atoms with E-state index in [4.69, 9.17) is 0 Å². The molecule has 1 heteroatoms.